The molecule has 0 bridgehead atoms. The topological polar surface area (TPSA) is 6.48 Å². The highest BCUT2D eigenvalue weighted by Gasteiger charge is 2.52. The summed E-state index contributed by atoms with van der Waals surface area (Å²) >= 11 is 0. The Morgan fingerprint density at radius 2 is 0.508 bits per heavy atom. The molecule has 9 aromatic carbocycles. The van der Waals surface area contributed by atoms with Crippen LogP contribution < -0.4 is 9.80 Å². The lowest BCUT2D eigenvalue weighted by Gasteiger charge is -2.51. The molecule has 1 spiro atoms. The summed E-state index contributed by atoms with van der Waals surface area (Å²) in [5, 5.41) is 0. The molecule has 2 aliphatic rings. The minimum Gasteiger partial charge on any atom is -0.310 e. The third kappa shape index (κ3) is 7.35. The number of hydrogen-bond donors (Lipinski definition) is 0. The number of nitrogens with zero attached hydrogens (tertiary/aromatic N) is 2. The molecule has 2 heterocycles. The van der Waals surface area contributed by atoms with Crippen LogP contribution in [-0.2, 0) is 5.41 Å². The summed E-state index contributed by atoms with van der Waals surface area (Å²) in [4.78, 5) is 3.95. The van der Waals surface area contributed by atoms with Crippen molar-refractivity contribution in [3.63, 3.8) is 0 Å². The van der Waals surface area contributed by atoms with E-state index in [4.69, 9.17) is 0 Å². The van der Waals surface area contributed by atoms with Gasteiger partial charge in [0.15, 0.2) is 0 Å². The van der Waals surface area contributed by atoms with E-state index >= 15 is 17.6 Å². The van der Waals surface area contributed by atoms with Crippen molar-refractivity contribution in [2.75, 3.05) is 9.80 Å². The Balaban J connectivity index is 0.00000130. The lowest BCUT2D eigenvalue weighted by molar-refractivity contribution is 0.595. The fourth-order valence-corrected chi connectivity index (χ4v) is 9.42. The second-order valence-electron chi connectivity index (χ2n) is 15.5. The minimum absolute atomic E-state index is 0.420. The Kier molecular flexibility index (Phi) is 11.7. The molecule has 0 aromatic heterocycles. The van der Waals surface area contributed by atoms with Crippen LogP contribution in [0.5, 0.6) is 0 Å². The predicted octanol–water partition coefficient (Wildman–Crippen LogP) is 17.2. The number of halogens is 4. The van der Waals surface area contributed by atoms with Gasteiger partial charge in [0, 0.05) is 11.4 Å². The largest absolute Gasteiger partial charge is 0.310 e. The Morgan fingerprint density at radius 3 is 0.769 bits per heavy atom. The zero-order valence-electron chi connectivity index (χ0n) is 36.5. The number of fused-ring (bicyclic) bond motifs is 8. The van der Waals surface area contributed by atoms with Crippen LogP contribution in [0.4, 0.5) is 51.7 Å². The lowest BCUT2D eigenvalue weighted by atomic mass is 9.60. The van der Waals surface area contributed by atoms with Gasteiger partial charge in [-0.15, -0.1) is 0 Å². The molecule has 9 aromatic rings. The third-order valence-electron chi connectivity index (χ3n) is 12.1. The van der Waals surface area contributed by atoms with Gasteiger partial charge in [-0.3, -0.25) is 0 Å². The summed E-state index contributed by atoms with van der Waals surface area (Å²) in [6, 6.07) is 62.6. The maximum absolute atomic E-state index is 16.0. The number of anilines is 6. The Bertz CT molecular complexity index is 3000. The van der Waals surface area contributed by atoms with E-state index in [9.17, 15) is 0 Å². The van der Waals surface area contributed by atoms with Crippen molar-refractivity contribution in [3.8, 4) is 33.4 Å². The van der Waals surface area contributed by atoms with Gasteiger partial charge in [0.2, 0.25) is 0 Å². The van der Waals surface area contributed by atoms with Crippen molar-refractivity contribution in [1.29, 1.82) is 0 Å². The second-order valence-corrected chi connectivity index (χ2v) is 15.5. The maximum Gasteiger partial charge on any atom is 0.123 e. The molecule has 2 aliphatic heterocycles. The summed E-state index contributed by atoms with van der Waals surface area (Å²) in [7, 11) is 0. The van der Waals surface area contributed by atoms with E-state index in [1.54, 1.807) is 24.3 Å². The molecule has 0 atom stereocenters. The van der Waals surface area contributed by atoms with Gasteiger partial charge in [0.25, 0.3) is 0 Å². The number of benzene rings is 9. The molecule has 0 saturated heterocycles. The van der Waals surface area contributed by atoms with Crippen LogP contribution in [0, 0.1) is 23.3 Å². The molecule has 0 aliphatic carbocycles. The van der Waals surface area contributed by atoms with E-state index < -0.39 is 28.7 Å². The van der Waals surface area contributed by atoms with E-state index in [-0.39, 0.29) is 0 Å². The van der Waals surface area contributed by atoms with Gasteiger partial charge in [-0.25, -0.2) is 17.6 Å². The van der Waals surface area contributed by atoms with Crippen molar-refractivity contribution in [3.05, 3.63) is 252 Å². The Labute approximate surface area is 378 Å². The first-order valence-corrected chi connectivity index (χ1v) is 22.1. The average molecular weight is 859 g/mol. The van der Waals surface area contributed by atoms with Crippen LogP contribution in [0.25, 0.3) is 33.4 Å². The van der Waals surface area contributed by atoms with Crippen molar-refractivity contribution in [2.45, 2.75) is 33.1 Å². The quantitative estimate of drug-likeness (QED) is 0.159. The van der Waals surface area contributed by atoms with Crippen LogP contribution in [0.3, 0.4) is 0 Å². The molecule has 65 heavy (non-hydrogen) atoms. The lowest BCUT2D eigenvalue weighted by Crippen LogP contribution is -2.42. The van der Waals surface area contributed by atoms with Gasteiger partial charge in [0.05, 0.1) is 28.2 Å². The van der Waals surface area contributed by atoms with E-state index in [0.29, 0.717) is 45.0 Å². The monoisotopic (exact) mass is 858 g/mol. The summed E-state index contributed by atoms with van der Waals surface area (Å²) in [6.07, 6.45) is 0. The van der Waals surface area contributed by atoms with Gasteiger partial charge in [-0.05, 0) is 153 Å². The van der Waals surface area contributed by atoms with E-state index in [0.717, 1.165) is 44.8 Å². The van der Waals surface area contributed by atoms with Crippen LogP contribution in [0.15, 0.2) is 206 Å². The molecule has 2 nitrogen and oxygen atoms in total. The highest BCUT2D eigenvalue weighted by molar-refractivity contribution is 5.97. The van der Waals surface area contributed by atoms with Crippen molar-refractivity contribution < 1.29 is 17.6 Å². The molecule has 6 heteroatoms. The minimum atomic E-state index is -1.55. The van der Waals surface area contributed by atoms with Gasteiger partial charge in [0.1, 0.15) is 23.3 Å². The molecule has 11 rings (SSSR count). The summed E-state index contributed by atoms with van der Waals surface area (Å²) < 4.78 is 63.8. The zero-order valence-corrected chi connectivity index (χ0v) is 36.5. The highest BCUT2D eigenvalue weighted by Crippen LogP contribution is 2.64. The fourth-order valence-electron chi connectivity index (χ4n) is 9.42. The van der Waals surface area contributed by atoms with Crippen LogP contribution in [-0.4, -0.2) is 0 Å². The van der Waals surface area contributed by atoms with Gasteiger partial charge in [-0.2, -0.15) is 0 Å². The van der Waals surface area contributed by atoms with Gasteiger partial charge >= 0.3 is 0 Å². The van der Waals surface area contributed by atoms with Crippen molar-refractivity contribution in [1.82, 2.24) is 0 Å². The second kappa shape index (κ2) is 17.8. The highest BCUT2D eigenvalue weighted by atomic mass is 19.1. The SMILES string of the molecule is CC.CC.Fc1ccc2c(c1)C1(c3cc(F)ccc3N2c2ccc(-c3ccccc3)cc2)c2cc(F)ccc2N(c2ccc(-c3ccc(-c4ccccc4)cc3)cc2)c2ccc(F)cc21. The normalized spacial score (nSPS) is 12.7. The molecule has 320 valence electrons. The summed E-state index contributed by atoms with van der Waals surface area (Å²) in [5.41, 5.74) is 10.3. The average Bonchev–Trinajstić information content (AvgIpc) is 3.36. The van der Waals surface area contributed by atoms with Crippen molar-refractivity contribution >= 4 is 34.1 Å². The summed E-state index contributed by atoms with van der Waals surface area (Å²) in [5.74, 6) is -2.16. The first-order valence-electron chi connectivity index (χ1n) is 22.1. The molecule has 0 N–H and O–H groups in total. The predicted molar refractivity (Wildman–Crippen MR) is 260 cm³/mol. The maximum atomic E-state index is 16.0. The third-order valence-corrected chi connectivity index (χ3v) is 12.1. The van der Waals surface area contributed by atoms with Crippen LogP contribution >= 0.6 is 0 Å². The molecule has 0 amide bonds. The zero-order chi connectivity index (χ0) is 45.2. The number of rotatable bonds is 5. The van der Waals surface area contributed by atoms with Gasteiger partial charge < -0.3 is 9.80 Å². The standard InChI is InChI=1S/C55H34F4N2.2C2H6/c56-41-19-27-51-47(31-41)55(48-32-42(57)20-28-52(48)60(51)45-23-15-39(16-24-45)36-9-5-2-6-10-36)49-33-43(58)21-29-53(49)61(54-30-22-44(59)34-50(54)55)46-25-17-40(18-26-46)38-13-11-37(12-14-38)35-7-3-1-4-8-35;2*1-2/h1-34H;2*1-2H3. The molecule has 0 saturated carbocycles. The molecular formula is C59H46F4N2. The van der Waals surface area contributed by atoms with Crippen molar-refractivity contribution in [2.24, 2.45) is 0 Å². The molecule has 0 radical (unpaired) electrons. The van der Waals surface area contributed by atoms with E-state index in [1.165, 1.54) is 48.5 Å². The fraction of sp³-hybridized carbons (Fsp3) is 0.0847. The molecule has 0 unspecified atom stereocenters. The van der Waals surface area contributed by atoms with E-state index in [1.807, 2.05) is 135 Å². The molecular weight excluding hydrogens is 813 g/mol. The van der Waals surface area contributed by atoms with Gasteiger partial charge in [-0.1, -0.05) is 137 Å². The smallest absolute Gasteiger partial charge is 0.123 e. The number of hydrogen-bond acceptors (Lipinski definition) is 2. The first kappa shape index (κ1) is 42.6. The Hall–Kier alpha value is -7.70. The van der Waals surface area contributed by atoms with E-state index in [2.05, 4.69) is 36.4 Å². The van der Waals surface area contributed by atoms with Crippen LogP contribution in [0.1, 0.15) is 49.9 Å². The van der Waals surface area contributed by atoms with Crippen LogP contribution in [0.2, 0.25) is 0 Å². The summed E-state index contributed by atoms with van der Waals surface area (Å²) in [6.45, 7) is 8.00. The first-order chi connectivity index (χ1) is 31.9. The molecule has 0 fully saturated rings. The Morgan fingerprint density at radius 1 is 0.277 bits per heavy atom.